The first-order valence-electron chi connectivity index (χ1n) is 6.81. The molecule has 0 aliphatic rings. The van der Waals surface area contributed by atoms with Gasteiger partial charge in [-0.1, -0.05) is 38.3 Å². The van der Waals surface area contributed by atoms with Crippen LogP contribution in [0.3, 0.4) is 0 Å². The number of ether oxygens (including phenoxy) is 1. The number of rotatable bonds is 9. The molecule has 0 amide bonds. The second kappa shape index (κ2) is 8.53. The first-order chi connectivity index (χ1) is 9.15. The Kier molecular flexibility index (Phi) is 7.38. The molecule has 1 heterocycles. The summed E-state index contributed by atoms with van der Waals surface area (Å²) in [6, 6.07) is 0.0124. The van der Waals surface area contributed by atoms with Crippen molar-refractivity contribution in [3.63, 3.8) is 0 Å². The van der Waals surface area contributed by atoms with E-state index in [0.717, 1.165) is 12.1 Å². The Balaban J connectivity index is 2.86. The Hall–Kier alpha value is -0.620. The third kappa shape index (κ3) is 4.45. The largest absolute Gasteiger partial charge is 0.383 e. The Morgan fingerprint density at radius 2 is 2.32 bits per heavy atom. The van der Waals surface area contributed by atoms with Crippen LogP contribution >= 0.6 is 11.6 Å². The summed E-state index contributed by atoms with van der Waals surface area (Å²) in [5, 5.41) is 4.95. The Bertz CT molecular complexity index is 370. The van der Waals surface area contributed by atoms with Crippen LogP contribution in [0, 0.1) is 5.92 Å². The van der Waals surface area contributed by atoms with Crippen LogP contribution < -0.4 is 11.3 Å². The van der Waals surface area contributed by atoms with Gasteiger partial charge in [-0.3, -0.25) is 16.0 Å². The topological polar surface area (TPSA) is 65.1 Å². The molecule has 0 spiro atoms. The molecular formula is C13H25ClN4O. The number of nitrogens with zero attached hydrogens (tertiary/aromatic N) is 2. The van der Waals surface area contributed by atoms with Crippen molar-refractivity contribution in [3.05, 3.63) is 16.9 Å². The van der Waals surface area contributed by atoms with Gasteiger partial charge in [0, 0.05) is 7.11 Å². The zero-order chi connectivity index (χ0) is 14.3. The lowest BCUT2D eigenvalue weighted by Gasteiger charge is -2.24. The maximum absolute atomic E-state index is 6.26. The van der Waals surface area contributed by atoms with E-state index < -0.39 is 0 Å². The highest BCUT2D eigenvalue weighted by atomic mass is 35.5. The van der Waals surface area contributed by atoms with Crippen molar-refractivity contribution in [2.24, 2.45) is 11.8 Å². The second-order valence-electron chi connectivity index (χ2n) is 4.86. The van der Waals surface area contributed by atoms with E-state index in [0.29, 0.717) is 24.1 Å². The molecule has 0 aliphatic carbocycles. The predicted molar refractivity (Wildman–Crippen MR) is 77.9 cm³/mol. The molecule has 5 nitrogen and oxygen atoms in total. The summed E-state index contributed by atoms with van der Waals surface area (Å²) >= 11 is 6.26. The zero-order valence-electron chi connectivity index (χ0n) is 12.0. The highest BCUT2D eigenvalue weighted by Gasteiger charge is 2.24. The number of methoxy groups -OCH3 is 1. The summed E-state index contributed by atoms with van der Waals surface area (Å²) in [6.07, 6.45) is 5.14. The van der Waals surface area contributed by atoms with Crippen molar-refractivity contribution in [1.29, 1.82) is 0 Å². The minimum atomic E-state index is 0.0124. The number of hydrazine groups is 1. The molecule has 1 aromatic heterocycles. The van der Waals surface area contributed by atoms with Gasteiger partial charge in [0.15, 0.2) is 0 Å². The van der Waals surface area contributed by atoms with E-state index in [9.17, 15) is 0 Å². The van der Waals surface area contributed by atoms with Crippen molar-refractivity contribution in [1.82, 2.24) is 15.2 Å². The van der Waals surface area contributed by atoms with Gasteiger partial charge in [-0.25, -0.2) is 0 Å². The van der Waals surface area contributed by atoms with Crippen LogP contribution in [0.5, 0.6) is 0 Å². The van der Waals surface area contributed by atoms with Crippen LogP contribution in [0.25, 0.3) is 0 Å². The molecule has 0 saturated carbocycles. The third-order valence-corrected chi connectivity index (χ3v) is 3.69. The van der Waals surface area contributed by atoms with Gasteiger partial charge in [0.25, 0.3) is 0 Å². The van der Waals surface area contributed by atoms with Gasteiger partial charge < -0.3 is 4.74 Å². The highest BCUT2D eigenvalue weighted by Crippen LogP contribution is 2.30. The number of nitrogens with two attached hydrogens (primary N) is 1. The first kappa shape index (κ1) is 16.4. The fourth-order valence-corrected chi connectivity index (χ4v) is 2.50. The molecule has 0 aromatic carbocycles. The molecule has 0 bridgehead atoms. The molecule has 2 atom stereocenters. The van der Waals surface area contributed by atoms with E-state index in [1.807, 2.05) is 4.68 Å². The molecule has 6 heteroatoms. The predicted octanol–water partition coefficient (Wildman–Crippen LogP) is 2.51. The van der Waals surface area contributed by atoms with Crippen LogP contribution in [0.2, 0.25) is 5.02 Å². The number of hydrogen-bond acceptors (Lipinski definition) is 4. The minimum Gasteiger partial charge on any atom is -0.383 e. The second-order valence-corrected chi connectivity index (χ2v) is 5.26. The quantitative estimate of drug-likeness (QED) is 0.541. The molecular weight excluding hydrogens is 264 g/mol. The Morgan fingerprint density at radius 1 is 1.58 bits per heavy atom. The van der Waals surface area contributed by atoms with Gasteiger partial charge in [0.1, 0.15) is 0 Å². The number of aromatic nitrogens is 2. The standard InChI is InChI=1S/C13H25ClN4O/c1-4-5-6-10(2)12(17-15)13-11(14)9-16-18(13)7-8-19-3/h9-10,12,17H,4-8,15H2,1-3H3. The Labute approximate surface area is 120 Å². The van der Waals surface area contributed by atoms with Crippen molar-refractivity contribution in [3.8, 4) is 0 Å². The maximum atomic E-state index is 6.26. The van der Waals surface area contributed by atoms with Gasteiger partial charge in [-0.05, 0) is 12.3 Å². The highest BCUT2D eigenvalue weighted by molar-refractivity contribution is 6.31. The number of halogens is 1. The normalized spacial score (nSPS) is 14.6. The molecule has 1 rings (SSSR count). The van der Waals surface area contributed by atoms with Crippen LogP contribution in [-0.2, 0) is 11.3 Å². The molecule has 1 aromatic rings. The van der Waals surface area contributed by atoms with Crippen molar-refractivity contribution in [2.45, 2.75) is 45.7 Å². The molecule has 0 fully saturated rings. The third-order valence-electron chi connectivity index (χ3n) is 3.40. The van der Waals surface area contributed by atoms with Crippen LogP contribution in [0.4, 0.5) is 0 Å². The zero-order valence-corrected chi connectivity index (χ0v) is 12.8. The van der Waals surface area contributed by atoms with Crippen molar-refractivity contribution < 1.29 is 4.74 Å². The van der Waals surface area contributed by atoms with E-state index in [2.05, 4.69) is 24.4 Å². The maximum Gasteiger partial charge on any atom is 0.0834 e. The summed E-state index contributed by atoms with van der Waals surface area (Å²) in [5.74, 6) is 6.13. The van der Waals surface area contributed by atoms with Crippen LogP contribution in [-0.4, -0.2) is 23.5 Å². The van der Waals surface area contributed by atoms with E-state index in [4.69, 9.17) is 22.2 Å². The summed E-state index contributed by atoms with van der Waals surface area (Å²) in [6.45, 7) is 5.65. The minimum absolute atomic E-state index is 0.0124. The van der Waals surface area contributed by atoms with Gasteiger partial charge in [-0.2, -0.15) is 5.10 Å². The monoisotopic (exact) mass is 288 g/mol. The molecule has 3 N–H and O–H groups in total. The molecule has 2 unspecified atom stereocenters. The SMILES string of the molecule is CCCCC(C)C(NN)c1c(Cl)cnn1CCOC. The summed E-state index contributed by atoms with van der Waals surface area (Å²) in [4.78, 5) is 0. The molecule has 110 valence electrons. The number of unbranched alkanes of at least 4 members (excludes halogenated alkanes) is 1. The van der Waals surface area contributed by atoms with E-state index in [-0.39, 0.29) is 6.04 Å². The van der Waals surface area contributed by atoms with Crippen LogP contribution in [0.1, 0.15) is 44.8 Å². The van der Waals surface area contributed by atoms with Gasteiger partial charge in [0.2, 0.25) is 0 Å². The average molecular weight is 289 g/mol. The van der Waals surface area contributed by atoms with E-state index >= 15 is 0 Å². The van der Waals surface area contributed by atoms with Crippen molar-refractivity contribution in [2.75, 3.05) is 13.7 Å². The molecule has 19 heavy (non-hydrogen) atoms. The summed E-state index contributed by atoms with van der Waals surface area (Å²) in [7, 11) is 1.67. The van der Waals surface area contributed by atoms with Gasteiger partial charge >= 0.3 is 0 Å². The molecule has 0 radical (unpaired) electrons. The lowest BCUT2D eigenvalue weighted by molar-refractivity contribution is 0.180. The first-order valence-corrected chi connectivity index (χ1v) is 7.19. The van der Waals surface area contributed by atoms with E-state index in [1.165, 1.54) is 12.8 Å². The lowest BCUT2D eigenvalue weighted by Crippen LogP contribution is -2.34. The Morgan fingerprint density at radius 3 is 2.89 bits per heavy atom. The molecule has 0 saturated heterocycles. The van der Waals surface area contributed by atoms with Gasteiger partial charge in [0.05, 0.1) is 36.1 Å². The lowest BCUT2D eigenvalue weighted by atomic mass is 9.94. The fourth-order valence-electron chi connectivity index (χ4n) is 2.24. The number of hydrogen-bond donors (Lipinski definition) is 2. The van der Waals surface area contributed by atoms with Crippen molar-refractivity contribution >= 4 is 11.6 Å². The summed E-state index contributed by atoms with van der Waals surface area (Å²) < 4.78 is 6.97. The fraction of sp³-hybridized carbons (Fsp3) is 0.769. The average Bonchev–Trinajstić information content (AvgIpc) is 2.77. The smallest absolute Gasteiger partial charge is 0.0834 e. The number of nitrogens with one attached hydrogen (secondary N) is 1. The van der Waals surface area contributed by atoms with Gasteiger partial charge in [-0.15, -0.1) is 0 Å². The van der Waals surface area contributed by atoms with E-state index in [1.54, 1.807) is 13.3 Å². The molecule has 0 aliphatic heterocycles. The summed E-state index contributed by atoms with van der Waals surface area (Å²) in [5.41, 5.74) is 3.83. The van der Waals surface area contributed by atoms with Crippen LogP contribution in [0.15, 0.2) is 6.20 Å².